The second-order valence-electron chi connectivity index (χ2n) is 5.34. The van der Waals surface area contributed by atoms with E-state index in [1.165, 1.54) is 0 Å². The Hall–Kier alpha value is -1.31. The van der Waals surface area contributed by atoms with Gasteiger partial charge in [-0.2, -0.15) is 13.2 Å². The maximum Gasteiger partial charge on any atom is 0.471 e. The van der Waals surface area contributed by atoms with E-state index in [0.29, 0.717) is 19.4 Å². The number of carbonyl (C=O) groups is 2. The summed E-state index contributed by atoms with van der Waals surface area (Å²) in [4.78, 5) is 22.7. The van der Waals surface area contributed by atoms with Crippen molar-refractivity contribution in [3.8, 4) is 0 Å². The molecule has 0 aliphatic rings. The van der Waals surface area contributed by atoms with Gasteiger partial charge < -0.3 is 15.8 Å². The zero-order valence-electron chi connectivity index (χ0n) is 11.8. The second kappa shape index (κ2) is 7.47. The smallest absolute Gasteiger partial charge is 0.458 e. The van der Waals surface area contributed by atoms with Gasteiger partial charge in [0.15, 0.2) is 0 Å². The molecule has 1 atom stereocenters. The minimum Gasteiger partial charge on any atom is -0.458 e. The highest BCUT2D eigenvalue weighted by molar-refractivity contribution is 5.87. The Morgan fingerprint density at radius 3 is 2.15 bits per heavy atom. The van der Waals surface area contributed by atoms with E-state index in [9.17, 15) is 22.8 Å². The van der Waals surface area contributed by atoms with Crippen molar-refractivity contribution in [3.05, 3.63) is 0 Å². The van der Waals surface area contributed by atoms with Gasteiger partial charge in [0.1, 0.15) is 11.6 Å². The molecular weight excluding hydrogens is 277 g/mol. The van der Waals surface area contributed by atoms with Crippen LogP contribution in [0.25, 0.3) is 0 Å². The highest BCUT2D eigenvalue weighted by Gasteiger charge is 2.41. The van der Waals surface area contributed by atoms with E-state index in [4.69, 9.17) is 10.5 Å². The molecule has 0 aromatic rings. The maximum absolute atomic E-state index is 12.2. The summed E-state index contributed by atoms with van der Waals surface area (Å²) in [6.45, 7) is 5.13. The number of unbranched alkanes of at least 4 members (excludes halogenated alkanes) is 1. The Balaban J connectivity index is 4.72. The van der Waals surface area contributed by atoms with Gasteiger partial charge in [-0.25, -0.2) is 4.79 Å². The standard InChI is InChI=1S/C12H21F3N2O3/c1-11(2,3)20-9(18)8(6-4-5-7-16)17-10(19)12(13,14)15/h8H,4-7,16H2,1-3H3,(H,17,19)/t8-/m0/s1. The van der Waals surface area contributed by atoms with Crippen LogP contribution in [0.3, 0.4) is 0 Å². The van der Waals surface area contributed by atoms with Crippen LogP contribution >= 0.6 is 0 Å². The molecule has 0 aliphatic carbocycles. The quantitative estimate of drug-likeness (QED) is 0.575. The first-order valence-electron chi connectivity index (χ1n) is 6.28. The summed E-state index contributed by atoms with van der Waals surface area (Å²) in [7, 11) is 0. The molecule has 0 unspecified atom stereocenters. The van der Waals surface area contributed by atoms with Crippen molar-refractivity contribution in [3.63, 3.8) is 0 Å². The molecule has 0 bridgehead atoms. The van der Waals surface area contributed by atoms with Crippen LogP contribution in [-0.2, 0) is 14.3 Å². The summed E-state index contributed by atoms with van der Waals surface area (Å²) >= 11 is 0. The fourth-order valence-electron chi connectivity index (χ4n) is 1.35. The number of halogens is 3. The number of rotatable bonds is 6. The van der Waals surface area contributed by atoms with Gasteiger partial charge in [-0.15, -0.1) is 0 Å². The topological polar surface area (TPSA) is 81.4 Å². The monoisotopic (exact) mass is 298 g/mol. The largest absolute Gasteiger partial charge is 0.471 e. The first-order chi connectivity index (χ1) is 8.97. The maximum atomic E-state index is 12.2. The summed E-state index contributed by atoms with van der Waals surface area (Å²) in [6, 6.07) is -1.32. The molecule has 0 rings (SSSR count). The van der Waals surface area contributed by atoms with Crippen LogP contribution in [0.2, 0.25) is 0 Å². The summed E-state index contributed by atoms with van der Waals surface area (Å²) < 4.78 is 41.6. The van der Waals surface area contributed by atoms with Crippen molar-refractivity contribution in [2.24, 2.45) is 5.73 Å². The van der Waals surface area contributed by atoms with E-state index in [0.717, 1.165) is 0 Å². The SMILES string of the molecule is CC(C)(C)OC(=O)[C@H](CCCCN)NC(=O)C(F)(F)F. The van der Waals surface area contributed by atoms with Gasteiger partial charge in [-0.3, -0.25) is 4.79 Å². The molecule has 0 heterocycles. The van der Waals surface area contributed by atoms with Crippen LogP contribution in [0.4, 0.5) is 13.2 Å². The number of hydrogen-bond acceptors (Lipinski definition) is 4. The molecule has 1 amide bonds. The van der Waals surface area contributed by atoms with Crippen LogP contribution in [0.15, 0.2) is 0 Å². The van der Waals surface area contributed by atoms with Crippen LogP contribution in [0.1, 0.15) is 40.0 Å². The van der Waals surface area contributed by atoms with Gasteiger partial charge in [0.05, 0.1) is 0 Å². The summed E-state index contributed by atoms with van der Waals surface area (Å²) in [5, 5.41) is 1.66. The van der Waals surface area contributed by atoms with Gasteiger partial charge in [0.25, 0.3) is 0 Å². The van der Waals surface area contributed by atoms with Crippen LogP contribution in [0.5, 0.6) is 0 Å². The van der Waals surface area contributed by atoms with Crippen molar-refractivity contribution in [1.82, 2.24) is 5.32 Å². The van der Waals surface area contributed by atoms with E-state index in [1.54, 1.807) is 26.1 Å². The number of amides is 1. The number of esters is 1. The predicted octanol–water partition coefficient (Wildman–Crippen LogP) is 1.50. The van der Waals surface area contributed by atoms with Gasteiger partial charge in [0, 0.05) is 0 Å². The van der Waals surface area contributed by atoms with E-state index in [1.807, 2.05) is 0 Å². The summed E-state index contributed by atoms with van der Waals surface area (Å²) in [5.74, 6) is -3.03. The van der Waals surface area contributed by atoms with Crippen molar-refractivity contribution >= 4 is 11.9 Å². The average Bonchev–Trinajstić information content (AvgIpc) is 2.23. The van der Waals surface area contributed by atoms with Crippen LogP contribution in [0, 0.1) is 0 Å². The Kier molecular flexibility index (Phi) is 6.98. The Bertz CT molecular complexity index is 338. The van der Waals surface area contributed by atoms with Gasteiger partial charge in [0.2, 0.25) is 0 Å². The molecule has 0 radical (unpaired) electrons. The second-order valence-corrected chi connectivity index (χ2v) is 5.34. The lowest BCUT2D eigenvalue weighted by Gasteiger charge is -2.24. The van der Waals surface area contributed by atoms with Crippen molar-refractivity contribution < 1.29 is 27.5 Å². The minimum atomic E-state index is -5.03. The molecule has 0 aromatic carbocycles. The number of carbonyl (C=O) groups excluding carboxylic acids is 2. The molecule has 20 heavy (non-hydrogen) atoms. The van der Waals surface area contributed by atoms with Crippen molar-refractivity contribution in [2.75, 3.05) is 6.54 Å². The number of nitrogens with two attached hydrogens (primary N) is 1. The normalized spacial score (nSPS) is 13.8. The molecule has 0 spiro atoms. The van der Waals surface area contributed by atoms with Gasteiger partial charge in [-0.1, -0.05) is 0 Å². The number of hydrogen-bond donors (Lipinski definition) is 2. The molecule has 0 aromatic heterocycles. The molecule has 118 valence electrons. The van der Waals surface area contributed by atoms with E-state index < -0.39 is 29.7 Å². The third kappa shape index (κ3) is 7.98. The first-order valence-corrected chi connectivity index (χ1v) is 6.28. The number of ether oxygens (including phenoxy) is 1. The van der Waals surface area contributed by atoms with Crippen LogP contribution < -0.4 is 11.1 Å². The molecular formula is C12H21F3N2O3. The van der Waals surface area contributed by atoms with E-state index in [2.05, 4.69) is 0 Å². The van der Waals surface area contributed by atoms with Crippen molar-refractivity contribution in [1.29, 1.82) is 0 Å². The zero-order valence-corrected chi connectivity index (χ0v) is 11.8. The zero-order chi connectivity index (χ0) is 16.0. The lowest BCUT2D eigenvalue weighted by molar-refractivity contribution is -0.177. The summed E-state index contributed by atoms with van der Waals surface area (Å²) in [6.07, 6.45) is -4.03. The van der Waals surface area contributed by atoms with Crippen molar-refractivity contribution in [2.45, 2.75) is 57.9 Å². The average molecular weight is 298 g/mol. The lowest BCUT2D eigenvalue weighted by atomic mass is 10.1. The first kappa shape index (κ1) is 18.7. The molecule has 0 saturated heterocycles. The third-order valence-corrected chi connectivity index (χ3v) is 2.20. The number of alkyl halides is 3. The highest BCUT2D eigenvalue weighted by Crippen LogP contribution is 2.17. The lowest BCUT2D eigenvalue weighted by Crippen LogP contribution is -2.48. The fourth-order valence-corrected chi connectivity index (χ4v) is 1.35. The summed E-state index contributed by atoms with van der Waals surface area (Å²) in [5.41, 5.74) is 4.44. The highest BCUT2D eigenvalue weighted by atomic mass is 19.4. The molecule has 0 aliphatic heterocycles. The van der Waals surface area contributed by atoms with Crippen LogP contribution in [-0.4, -0.2) is 36.2 Å². The Morgan fingerprint density at radius 2 is 1.75 bits per heavy atom. The molecule has 3 N–H and O–H groups in total. The minimum absolute atomic E-state index is 0.0495. The third-order valence-electron chi connectivity index (χ3n) is 2.20. The molecule has 0 fully saturated rings. The molecule has 0 saturated carbocycles. The van der Waals surface area contributed by atoms with Gasteiger partial charge >= 0.3 is 18.1 Å². The van der Waals surface area contributed by atoms with Gasteiger partial charge in [-0.05, 0) is 46.6 Å². The van der Waals surface area contributed by atoms with E-state index >= 15 is 0 Å². The molecule has 5 nitrogen and oxygen atoms in total. The Labute approximate surface area is 116 Å². The Morgan fingerprint density at radius 1 is 1.20 bits per heavy atom. The fraction of sp³-hybridized carbons (Fsp3) is 0.833. The number of nitrogens with one attached hydrogen (secondary N) is 1. The predicted molar refractivity (Wildman–Crippen MR) is 66.7 cm³/mol. The van der Waals surface area contributed by atoms with E-state index in [-0.39, 0.29) is 6.42 Å². The molecule has 8 heteroatoms.